The van der Waals surface area contributed by atoms with Gasteiger partial charge >= 0.3 is 0 Å². The fraction of sp³-hybridized carbons (Fsp3) is 0.478. The van der Waals surface area contributed by atoms with Crippen molar-refractivity contribution in [1.82, 2.24) is 29.6 Å². The Bertz CT molecular complexity index is 1270. The lowest BCUT2D eigenvalue weighted by atomic mass is 9.99. The van der Waals surface area contributed by atoms with Gasteiger partial charge in [0.05, 0.1) is 18.4 Å². The number of hydrogen-bond donors (Lipinski definition) is 0. The van der Waals surface area contributed by atoms with Crippen LogP contribution >= 0.6 is 23.1 Å². The number of rotatable bonds is 5. The van der Waals surface area contributed by atoms with E-state index < -0.39 is 0 Å². The van der Waals surface area contributed by atoms with Gasteiger partial charge in [-0.05, 0) is 76.0 Å². The quantitative estimate of drug-likeness (QED) is 0.364. The highest BCUT2D eigenvalue weighted by Gasteiger charge is 2.22. The van der Waals surface area contributed by atoms with Gasteiger partial charge in [0.25, 0.3) is 0 Å². The van der Waals surface area contributed by atoms with Crippen LogP contribution in [-0.2, 0) is 13.6 Å². The summed E-state index contributed by atoms with van der Waals surface area (Å²) in [5.74, 6) is 3.34. The SMILES string of the molecule is Cc1occc1-c1nnc(Sc2nc(CN3CCC(C)CC3)nc3sc(C)c(C)c23)n1C. The third-order valence-electron chi connectivity index (χ3n) is 6.41. The number of aromatic nitrogens is 5. The number of thiophene rings is 1. The van der Waals surface area contributed by atoms with Gasteiger partial charge in [-0.15, -0.1) is 21.5 Å². The molecule has 1 aliphatic rings. The molecule has 1 saturated heterocycles. The zero-order valence-electron chi connectivity index (χ0n) is 19.2. The number of furan rings is 1. The van der Waals surface area contributed by atoms with E-state index >= 15 is 0 Å². The summed E-state index contributed by atoms with van der Waals surface area (Å²) < 4.78 is 7.47. The summed E-state index contributed by atoms with van der Waals surface area (Å²) in [5, 5.41) is 11.8. The summed E-state index contributed by atoms with van der Waals surface area (Å²) in [6, 6.07) is 1.93. The van der Waals surface area contributed by atoms with Crippen molar-refractivity contribution < 1.29 is 4.42 Å². The fourth-order valence-corrected chi connectivity index (χ4v) is 6.25. The lowest BCUT2D eigenvalue weighted by molar-refractivity contribution is 0.181. The normalized spacial score (nSPS) is 15.8. The monoisotopic (exact) mass is 468 g/mol. The molecule has 0 atom stereocenters. The van der Waals surface area contributed by atoms with Crippen molar-refractivity contribution in [2.75, 3.05) is 13.1 Å². The van der Waals surface area contributed by atoms with E-state index in [0.29, 0.717) is 0 Å². The van der Waals surface area contributed by atoms with Crippen molar-refractivity contribution in [2.45, 2.75) is 57.3 Å². The van der Waals surface area contributed by atoms with Crippen LogP contribution in [0.25, 0.3) is 21.6 Å². The molecule has 1 aliphatic heterocycles. The van der Waals surface area contributed by atoms with E-state index in [-0.39, 0.29) is 0 Å². The first kappa shape index (κ1) is 21.6. The summed E-state index contributed by atoms with van der Waals surface area (Å²) >= 11 is 3.32. The van der Waals surface area contributed by atoms with Gasteiger partial charge in [-0.2, -0.15) is 0 Å². The topological polar surface area (TPSA) is 72.9 Å². The minimum absolute atomic E-state index is 0.796. The second-order valence-corrected chi connectivity index (χ2v) is 10.9. The highest BCUT2D eigenvalue weighted by molar-refractivity contribution is 7.99. The first-order chi connectivity index (χ1) is 15.4. The first-order valence-corrected chi connectivity index (χ1v) is 12.6. The molecule has 4 aromatic rings. The molecule has 0 N–H and O–H groups in total. The molecular formula is C23H28N6OS2. The molecule has 0 radical (unpaired) electrons. The Kier molecular flexibility index (Phi) is 5.81. The van der Waals surface area contributed by atoms with Gasteiger partial charge in [-0.3, -0.25) is 4.90 Å². The number of hydrogen-bond acceptors (Lipinski definition) is 8. The maximum atomic E-state index is 5.46. The van der Waals surface area contributed by atoms with E-state index in [1.165, 1.54) is 23.3 Å². The average molecular weight is 469 g/mol. The molecule has 1 fully saturated rings. The van der Waals surface area contributed by atoms with Crippen LogP contribution in [0.1, 0.15) is 41.8 Å². The molecule has 9 heteroatoms. The summed E-state index contributed by atoms with van der Waals surface area (Å²) in [6.07, 6.45) is 4.18. The Labute approximate surface area is 196 Å². The van der Waals surface area contributed by atoms with Gasteiger partial charge in [0.2, 0.25) is 0 Å². The summed E-state index contributed by atoms with van der Waals surface area (Å²) in [6.45, 7) is 11.6. The second-order valence-electron chi connectivity index (χ2n) is 8.72. The van der Waals surface area contributed by atoms with Crippen molar-refractivity contribution >= 4 is 33.3 Å². The number of likely N-dealkylation sites (tertiary alicyclic amines) is 1. The standard InChI is InChI=1S/C23H28N6OS2/c1-13-6-9-29(10-7-13)12-18-24-21-19(14(2)16(4)31-21)22(25-18)32-23-27-26-20(28(23)5)17-8-11-30-15(17)3/h8,11,13H,6-7,9-10,12H2,1-5H3. The maximum absolute atomic E-state index is 5.46. The third-order valence-corrected chi connectivity index (χ3v) is 8.53. The molecule has 0 saturated carbocycles. The Hall–Kier alpha value is -2.23. The van der Waals surface area contributed by atoms with E-state index in [9.17, 15) is 0 Å². The minimum atomic E-state index is 0.796. The van der Waals surface area contributed by atoms with Crippen molar-refractivity contribution in [1.29, 1.82) is 0 Å². The van der Waals surface area contributed by atoms with Crippen molar-refractivity contribution in [3.63, 3.8) is 0 Å². The minimum Gasteiger partial charge on any atom is -0.469 e. The summed E-state index contributed by atoms with van der Waals surface area (Å²) in [7, 11) is 1.99. The molecule has 0 unspecified atom stereocenters. The fourth-order valence-electron chi connectivity index (χ4n) is 4.16. The van der Waals surface area contributed by atoms with Gasteiger partial charge in [-0.25, -0.2) is 9.97 Å². The van der Waals surface area contributed by atoms with Gasteiger partial charge in [0.1, 0.15) is 21.4 Å². The van der Waals surface area contributed by atoms with Gasteiger partial charge in [0, 0.05) is 17.3 Å². The highest BCUT2D eigenvalue weighted by Crippen LogP contribution is 2.38. The van der Waals surface area contributed by atoms with Crippen LogP contribution < -0.4 is 0 Å². The molecule has 5 heterocycles. The molecule has 5 rings (SSSR count). The Morgan fingerprint density at radius 3 is 2.66 bits per heavy atom. The van der Waals surface area contributed by atoms with E-state index in [1.807, 2.05) is 24.6 Å². The lowest BCUT2D eigenvalue weighted by Crippen LogP contribution is -2.33. The predicted octanol–water partition coefficient (Wildman–Crippen LogP) is 5.39. The van der Waals surface area contributed by atoms with Gasteiger partial charge < -0.3 is 8.98 Å². The predicted molar refractivity (Wildman–Crippen MR) is 128 cm³/mol. The number of aryl methyl sites for hydroxylation is 3. The maximum Gasteiger partial charge on any atom is 0.197 e. The van der Waals surface area contributed by atoms with Crippen molar-refractivity contribution in [3.8, 4) is 11.4 Å². The van der Waals surface area contributed by atoms with Crippen molar-refractivity contribution in [2.24, 2.45) is 13.0 Å². The van der Waals surface area contributed by atoms with Crippen LogP contribution in [0.15, 0.2) is 26.9 Å². The largest absolute Gasteiger partial charge is 0.469 e. The zero-order valence-corrected chi connectivity index (χ0v) is 20.8. The van der Waals surface area contributed by atoms with E-state index in [2.05, 4.69) is 35.9 Å². The van der Waals surface area contributed by atoms with E-state index in [1.54, 1.807) is 29.4 Å². The second kappa shape index (κ2) is 8.61. The van der Waals surface area contributed by atoms with Crippen LogP contribution in [0.3, 0.4) is 0 Å². The molecule has 0 aromatic carbocycles. The molecule has 0 amide bonds. The smallest absolute Gasteiger partial charge is 0.197 e. The molecule has 0 bridgehead atoms. The van der Waals surface area contributed by atoms with Gasteiger partial charge in [0.15, 0.2) is 11.0 Å². The van der Waals surface area contributed by atoms with Crippen LogP contribution in [-0.4, -0.2) is 42.7 Å². The Balaban J connectivity index is 1.50. The highest BCUT2D eigenvalue weighted by atomic mass is 32.2. The third kappa shape index (κ3) is 3.97. The lowest BCUT2D eigenvalue weighted by Gasteiger charge is -2.29. The van der Waals surface area contributed by atoms with Crippen LogP contribution in [0.2, 0.25) is 0 Å². The van der Waals surface area contributed by atoms with Gasteiger partial charge in [-0.1, -0.05) is 6.92 Å². The Morgan fingerprint density at radius 2 is 1.94 bits per heavy atom. The molecule has 7 nitrogen and oxygen atoms in total. The molecule has 32 heavy (non-hydrogen) atoms. The van der Waals surface area contributed by atoms with E-state index in [0.717, 1.165) is 68.9 Å². The van der Waals surface area contributed by atoms with E-state index in [4.69, 9.17) is 14.4 Å². The number of nitrogens with zero attached hydrogens (tertiary/aromatic N) is 6. The van der Waals surface area contributed by atoms with Crippen LogP contribution in [0.4, 0.5) is 0 Å². The molecule has 168 valence electrons. The van der Waals surface area contributed by atoms with Crippen molar-refractivity contribution in [3.05, 3.63) is 34.4 Å². The molecule has 4 aromatic heterocycles. The van der Waals surface area contributed by atoms with Crippen LogP contribution in [0.5, 0.6) is 0 Å². The zero-order chi connectivity index (χ0) is 22.4. The number of piperidine rings is 1. The molecule has 0 aliphatic carbocycles. The molecule has 0 spiro atoms. The first-order valence-electron chi connectivity index (χ1n) is 11.0. The summed E-state index contributed by atoms with van der Waals surface area (Å²) in [5.41, 5.74) is 2.21. The van der Waals surface area contributed by atoms with Crippen LogP contribution in [0, 0.1) is 26.7 Å². The Morgan fingerprint density at radius 1 is 1.16 bits per heavy atom. The average Bonchev–Trinajstić information content (AvgIpc) is 3.42. The summed E-state index contributed by atoms with van der Waals surface area (Å²) in [4.78, 5) is 14.8. The number of fused-ring (bicyclic) bond motifs is 1. The molecular weight excluding hydrogens is 440 g/mol.